The molecule has 158 valence electrons. The van der Waals surface area contributed by atoms with E-state index in [9.17, 15) is 19.2 Å². The van der Waals surface area contributed by atoms with E-state index in [1.165, 1.54) is 39.3 Å². The van der Waals surface area contributed by atoms with E-state index in [1.54, 1.807) is 30.3 Å². The highest BCUT2D eigenvalue weighted by Crippen LogP contribution is 2.17. The predicted octanol–water partition coefficient (Wildman–Crippen LogP) is 2.21. The van der Waals surface area contributed by atoms with Crippen molar-refractivity contribution in [3.63, 3.8) is 0 Å². The average molecular weight is 415 g/mol. The van der Waals surface area contributed by atoms with E-state index in [4.69, 9.17) is 9.47 Å². The van der Waals surface area contributed by atoms with Crippen LogP contribution in [0.15, 0.2) is 48.5 Å². The molecule has 0 aliphatic rings. The summed E-state index contributed by atoms with van der Waals surface area (Å²) < 4.78 is 19.6. The molecule has 0 unspecified atom stereocenters. The van der Waals surface area contributed by atoms with E-state index < -0.39 is 36.5 Å². The Morgan fingerprint density at radius 3 is 2.00 bits per heavy atom. The van der Waals surface area contributed by atoms with Crippen molar-refractivity contribution in [1.82, 2.24) is 0 Å². The number of carbonyl (C=O) groups is 4. The molecule has 2 aromatic rings. The fourth-order valence-electron chi connectivity index (χ4n) is 2.37. The molecule has 0 bridgehead atoms. The maximum atomic E-state index is 12.1. The summed E-state index contributed by atoms with van der Waals surface area (Å²) in [4.78, 5) is 47.7. The Labute approximate surface area is 172 Å². The van der Waals surface area contributed by atoms with Crippen molar-refractivity contribution in [2.75, 3.05) is 26.1 Å². The third kappa shape index (κ3) is 6.33. The number of para-hydroxylation sites is 1. The monoisotopic (exact) mass is 415 g/mol. The van der Waals surface area contributed by atoms with Gasteiger partial charge >= 0.3 is 17.9 Å². The maximum Gasteiger partial charge on any atom is 0.347 e. The zero-order valence-electron chi connectivity index (χ0n) is 16.7. The van der Waals surface area contributed by atoms with Gasteiger partial charge in [-0.2, -0.15) is 0 Å². The molecule has 0 saturated carbocycles. The highest BCUT2D eigenvalue weighted by Gasteiger charge is 2.19. The van der Waals surface area contributed by atoms with Crippen molar-refractivity contribution in [2.24, 2.45) is 0 Å². The second-order valence-electron chi connectivity index (χ2n) is 6.01. The first-order chi connectivity index (χ1) is 14.3. The van der Waals surface area contributed by atoms with E-state index in [2.05, 4.69) is 14.8 Å². The number of hydrogen-bond donors (Lipinski definition) is 1. The fourth-order valence-corrected chi connectivity index (χ4v) is 2.37. The highest BCUT2D eigenvalue weighted by atomic mass is 16.6. The lowest BCUT2D eigenvalue weighted by atomic mass is 10.1. The smallest absolute Gasteiger partial charge is 0.347 e. The summed E-state index contributed by atoms with van der Waals surface area (Å²) >= 11 is 0. The van der Waals surface area contributed by atoms with Crippen LogP contribution in [0.5, 0.6) is 5.75 Å². The van der Waals surface area contributed by atoms with Crippen LogP contribution < -0.4 is 10.1 Å². The van der Waals surface area contributed by atoms with Crippen LogP contribution in [0.1, 0.15) is 27.6 Å². The van der Waals surface area contributed by atoms with Crippen LogP contribution in [0.2, 0.25) is 0 Å². The molecule has 0 radical (unpaired) electrons. The number of benzene rings is 2. The molecule has 1 atom stereocenters. The SMILES string of the molecule is COC(=O)c1cc(NC(=O)COC(=O)[C@@H](C)Oc2ccccc2)cc(C(=O)OC)c1. The third-order valence-electron chi connectivity index (χ3n) is 3.79. The largest absolute Gasteiger partial charge is 0.479 e. The molecule has 1 N–H and O–H groups in total. The number of methoxy groups -OCH3 is 2. The summed E-state index contributed by atoms with van der Waals surface area (Å²) in [6.45, 7) is 0.910. The first-order valence-electron chi connectivity index (χ1n) is 8.84. The van der Waals surface area contributed by atoms with Crippen LogP contribution in [0.25, 0.3) is 0 Å². The standard InChI is InChI=1S/C21H21NO8/c1-13(30-17-7-5-4-6-8-17)19(24)29-12-18(23)22-16-10-14(20(25)27-2)9-15(11-16)21(26)28-3/h4-11,13H,12H2,1-3H3,(H,22,23)/t13-/m1/s1. The van der Waals surface area contributed by atoms with Crippen molar-refractivity contribution in [3.8, 4) is 5.75 Å². The quantitative estimate of drug-likeness (QED) is 0.515. The third-order valence-corrected chi connectivity index (χ3v) is 3.79. The summed E-state index contributed by atoms with van der Waals surface area (Å²) in [6, 6.07) is 12.6. The van der Waals surface area contributed by atoms with Gasteiger partial charge in [0.25, 0.3) is 5.91 Å². The molecule has 0 fully saturated rings. The second kappa shape index (κ2) is 10.6. The van der Waals surface area contributed by atoms with Gasteiger partial charge in [0.2, 0.25) is 0 Å². The Morgan fingerprint density at radius 1 is 0.900 bits per heavy atom. The molecule has 9 heteroatoms. The fraction of sp³-hybridized carbons (Fsp3) is 0.238. The van der Waals surface area contributed by atoms with Gasteiger partial charge in [-0.1, -0.05) is 18.2 Å². The van der Waals surface area contributed by atoms with Crippen LogP contribution in [0, 0.1) is 0 Å². The molecule has 0 heterocycles. The number of hydrogen-bond acceptors (Lipinski definition) is 8. The first-order valence-corrected chi connectivity index (χ1v) is 8.84. The molecule has 0 saturated heterocycles. The van der Waals surface area contributed by atoms with E-state index in [1.807, 2.05) is 0 Å². The summed E-state index contributed by atoms with van der Waals surface area (Å²) in [5.41, 5.74) is 0.211. The summed E-state index contributed by atoms with van der Waals surface area (Å²) in [7, 11) is 2.37. The zero-order valence-corrected chi connectivity index (χ0v) is 16.7. The maximum absolute atomic E-state index is 12.1. The molecule has 2 rings (SSSR count). The highest BCUT2D eigenvalue weighted by molar-refractivity contribution is 6.00. The zero-order chi connectivity index (χ0) is 22.1. The topological polar surface area (TPSA) is 117 Å². The van der Waals surface area contributed by atoms with Crippen LogP contribution in [-0.4, -0.2) is 50.7 Å². The second-order valence-corrected chi connectivity index (χ2v) is 6.01. The number of amides is 1. The lowest BCUT2D eigenvalue weighted by Gasteiger charge is -2.14. The Balaban J connectivity index is 1.98. The van der Waals surface area contributed by atoms with Crippen molar-refractivity contribution in [2.45, 2.75) is 13.0 Å². The van der Waals surface area contributed by atoms with E-state index in [-0.39, 0.29) is 16.8 Å². The Kier molecular flexibility index (Phi) is 7.92. The number of carbonyl (C=O) groups excluding carboxylic acids is 4. The van der Waals surface area contributed by atoms with Gasteiger partial charge in [0.15, 0.2) is 12.7 Å². The number of ether oxygens (including phenoxy) is 4. The minimum absolute atomic E-state index is 0.0394. The minimum atomic E-state index is -0.922. The van der Waals surface area contributed by atoms with Gasteiger partial charge in [-0.25, -0.2) is 14.4 Å². The van der Waals surface area contributed by atoms with Gasteiger partial charge in [-0.3, -0.25) is 4.79 Å². The van der Waals surface area contributed by atoms with E-state index in [0.717, 1.165) is 0 Å². The summed E-state index contributed by atoms with van der Waals surface area (Å²) in [5, 5.41) is 2.45. The van der Waals surface area contributed by atoms with Crippen molar-refractivity contribution in [3.05, 3.63) is 59.7 Å². The van der Waals surface area contributed by atoms with Crippen LogP contribution in [-0.2, 0) is 23.8 Å². The average Bonchev–Trinajstić information content (AvgIpc) is 2.76. The Bertz CT molecular complexity index is 892. The van der Waals surface area contributed by atoms with Crippen LogP contribution >= 0.6 is 0 Å². The summed E-state index contributed by atoms with van der Waals surface area (Å²) in [5.74, 6) is -2.31. The van der Waals surface area contributed by atoms with Gasteiger partial charge in [0, 0.05) is 5.69 Å². The predicted molar refractivity (Wildman–Crippen MR) is 105 cm³/mol. The van der Waals surface area contributed by atoms with Crippen molar-refractivity contribution in [1.29, 1.82) is 0 Å². The van der Waals surface area contributed by atoms with Gasteiger partial charge < -0.3 is 24.3 Å². The molecular weight excluding hydrogens is 394 g/mol. The lowest BCUT2D eigenvalue weighted by Crippen LogP contribution is -2.29. The number of anilines is 1. The van der Waals surface area contributed by atoms with Gasteiger partial charge in [0.05, 0.1) is 25.3 Å². The lowest BCUT2D eigenvalue weighted by molar-refractivity contribution is -0.153. The minimum Gasteiger partial charge on any atom is -0.479 e. The van der Waals surface area contributed by atoms with Gasteiger partial charge in [0.1, 0.15) is 5.75 Å². The van der Waals surface area contributed by atoms with Gasteiger partial charge in [-0.05, 0) is 37.3 Å². The number of esters is 3. The van der Waals surface area contributed by atoms with E-state index in [0.29, 0.717) is 5.75 Å². The number of rotatable bonds is 8. The molecule has 1 amide bonds. The molecule has 0 aliphatic carbocycles. The van der Waals surface area contributed by atoms with Crippen molar-refractivity contribution < 1.29 is 38.1 Å². The van der Waals surface area contributed by atoms with Crippen molar-refractivity contribution >= 4 is 29.5 Å². The molecule has 0 aromatic heterocycles. The molecule has 30 heavy (non-hydrogen) atoms. The Morgan fingerprint density at radius 2 is 1.47 bits per heavy atom. The molecule has 2 aromatic carbocycles. The number of nitrogens with one attached hydrogen (secondary N) is 1. The molecular formula is C21H21NO8. The van der Waals surface area contributed by atoms with Crippen LogP contribution in [0.4, 0.5) is 5.69 Å². The van der Waals surface area contributed by atoms with Gasteiger partial charge in [-0.15, -0.1) is 0 Å². The first kappa shape index (κ1) is 22.4. The molecule has 0 aliphatic heterocycles. The molecule has 9 nitrogen and oxygen atoms in total. The molecule has 0 spiro atoms. The summed E-state index contributed by atoms with van der Waals surface area (Å²) in [6.07, 6.45) is -0.922. The Hall–Kier alpha value is -3.88. The normalized spacial score (nSPS) is 11.0. The van der Waals surface area contributed by atoms with Crippen LogP contribution in [0.3, 0.4) is 0 Å². The van der Waals surface area contributed by atoms with E-state index >= 15 is 0 Å².